The molecule has 0 bridgehead atoms. The largest absolute Gasteiger partial charge is 0.253 e. The summed E-state index contributed by atoms with van der Waals surface area (Å²) in [5, 5.41) is 10.8. The predicted molar refractivity (Wildman–Crippen MR) is 97.1 cm³/mol. The van der Waals surface area contributed by atoms with Crippen LogP contribution in [-0.2, 0) is 0 Å². The minimum absolute atomic E-state index is 0.815. The first-order valence-corrected chi connectivity index (χ1v) is 7.84. The molecule has 2 aromatic carbocycles. The van der Waals surface area contributed by atoms with Gasteiger partial charge in [0.25, 0.3) is 0 Å². The van der Waals surface area contributed by atoms with Crippen molar-refractivity contribution in [2.75, 3.05) is 0 Å². The molecule has 0 amide bonds. The molecule has 0 N–H and O–H groups in total. The van der Waals surface area contributed by atoms with E-state index in [-0.39, 0.29) is 0 Å². The van der Waals surface area contributed by atoms with Gasteiger partial charge < -0.3 is 0 Å². The molecule has 116 valence electrons. The molecule has 2 heterocycles. The van der Waals surface area contributed by atoms with Crippen LogP contribution in [-0.4, -0.2) is 9.97 Å². The number of rotatable bonds is 2. The van der Waals surface area contributed by atoms with Gasteiger partial charge in [-0.2, -0.15) is 10.2 Å². The van der Waals surface area contributed by atoms with Crippen molar-refractivity contribution in [3.05, 3.63) is 72.1 Å². The van der Waals surface area contributed by atoms with E-state index < -0.39 is 0 Å². The maximum atomic E-state index is 4.50. The molecule has 0 saturated heterocycles. The Morgan fingerprint density at radius 2 is 1.04 bits per heavy atom. The van der Waals surface area contributed by atoms with E-state index >= 15 is 0 Å². The van der Waals surface area contributed by atoms with Gasteiger partial charge in [-0.3, -0.25) is 9.97 Å². The first kappa shape index (κ1) is 14.5. The topological polar surface area (TPSA) is 50.5 Å². The summed E-state index contributed by atoms with van der Waals surface area (Å²) in [5.74, 6) is 0. The lowest BCUT2D eigenvalue weighted by Crippen LogP contribution is -1.82. The highest BCUT2D eigenvalue weighted by Crippen LogP contribution is 2.25. The summed E-state index contributed by atoms with van der Waals surface area (Å²) in [4.78, 5) is 8.99. The zero-order chi connectivity index (χ0) is 16.5. The maximum absolute atomic E-state index is 4.50. The van der Waals surface area contributed by atoms with E-state index in [1.54, 1.807) is 0 Å². The van der Waals surface area contributed by atoms with Gasteiger partial charge in [0.15, 0.2) is 0 Å². The van der Waals surface area contributed by atoms with Gasteiger partial charge in [-0.25, -0.2) is 0 Å². The van der Waals surface area contributed by atoms with Crippen LogP contribution in [0.15, 0.2) is 70.9 Å². The SMILES string of the molecule is Cc1ccc2cc(N=Nc3ccc4nc(C)ccc4c3)ccc2n1. The van der Waals surface area contributed by atoms with Crippen molar-refractivity contribution in [1.29, 1.82) is 0 Å². The summed E-state index contributed by atoms with van der Waals surface area (Å²) < 4.78 is 0. The summed E-state index contributed by atoms with van der Waals surface area (Å²) in [5.41, 5.74) is 5.60. The van der Waals surface area contributed by atoms with E-state index in [0.717, 1.165) is 44.6 Å². The van der Waals surface area contributed by atoms with Crippen LogP contribution in [0.2, 0.25) is 0 Å². The Morgan fingerprint density at radius 1 is 0.583 bits per heavy atom. The van der Waals surface area contributed by atoms with Gasteiger partial charge in [0.2, 0.25) is 0 Å². The fraction of sp³-hybridized carbons (Fsp3) is 0.100. The van der Waals surface area contributed by atoms with Crippen molar-refractivity contribution in [2.24, 2.45) is 10.2 Å². The minimum atomic E-state index is 0.815. The van der Waals surface area contributed by atoms with E-state index in [1.807, 2.05) is 62.4 Å². The third-order valence-electron chi connectivity index (χ3n) is 3.90. The molecule has 0 aliphatic rings. The van der Waals surface area contributed by atoms with Crippen LogP contribution in [0.5, 0.6) is 0 Å². The monoisotopic (exact) mass is 312 g/mol. The normalized spacial score (nSPS) is 11.6. The van der Waals surface area contributed by atoms with Crippen molar-refractivity contribution in [2.45, 2.75) is 13.8 Å². The smallest absolute Gasteiger partial charge is 0.0864 e. The van der Waals surface area contributed by atoms with Crippen molar-refractivity contribution >= 4 is 33.2 Å². The molecule has 2 aromatic heterocycles. The first-order valence-electron chi connectivity index (χ1n) is 7.84. The van der Waals surface area contributed by atoms with Crippen molar-refractivity contribution < 1.29 is 0 Å². The van der Waals surface area contributed by atoms with Gasteiger partial charge in [-0.1, -0.05) is 12.1 Å². The van der Waals surface area contributed by atoms with Gasteiger partial charge >= 0.3 is 0 Å². The van der Waals surface area contributed by atoms with Crippen LogP contribution in [0.4, 0.5) is 11.4 Å². The number of fused-ring (bicyclic) bond motifs is 2. The second kappa shape index (κ2) is 5.81. The number of hydrogen-bond donors (Lipinski definition) is 0. The quantitative estimate of drug-likeness (QED) is 0.438. The summed E-state index contributed by atoms with van der Waals surface area (Å²) in [6.45, 7) is 3.98. The van der Waals surface area contributed by atoms with E-state index in [4.69, 9.17) is 0 Å². The van der Waals surface area contributed by atoms with E-state index in [1.165, 1.54) is 0 Å². The molecular formula is C20H16N4. The molecule has 0 aliphatic heterocycles. The molecule has 4 rings (SSSR count). The maximum Gasteiger partial charge on any atom is 0.0864 e. The number of benzene rings is 2. The Bertz CT molecular complexity index is 996. The van der Waals surface area contributed by atoms with Crippen LogP contribution in [0.1, 0.15) is 11.4 Å². The minimum Gasteiger partial charge on any atom is -0.253 e. The standard InChI is InChI=1S/C20H16N4/c1-13-3-5-15-11-17(7-9-19(15)21-13)23-24-18-8-10-20-16(12-18)6-4-14(2)22-20/h3-12H,1-2H3. The molecule has 0 radical (unpaired) electrons. The third-order valence-corrected chi connectivity index (χ3v) is 3.90. The van der Waals surface area contributed by atoms with E-state index in [9.17, 15) is 0 Å². The zero-order valence-electron chi connectivity index (χ0n) is 13.6. The first-order chi connectivity index (χ1) is 11.7. The molecule has 0 atom stereocenters. The fourth-order valence-electron chi connectivity index (χ4n) is 2.67. The molecule has 4 aromatic rings. The number of nitrogens with zero attached hydrogens (tertiary/aromatic N) is 4. The number of hydrogen-bond acceptors (Lipinski definition) is 4. The number of aromatic nitrogens is 2. The zero-order valence-corrected chi connectivity index (χ0v) is 13.6. The molecule has 0 aliphatic carbocycles. The van der Waals surface area contributed by atoms with Gasteiger partial charge in [-0.15, -0.1) is 0 Å². The second-order valence-electron chi connectivity index (χ2n) is 5.86. The molecule has 0 unspecified atom stereocenters. The summed E-state index contributed by atoms with van der Waals surface area (Å²) in [7, 11) is 0. The Labute approximate surface area is 139 Å². The average molecular weight is 312 g/mol. The Kier molecular flexibility index (Phi) is 3.50. The molecular weight excluding hydrogens is 296 g/mol. The summed E-state index contributed by atoms with van der Waals surface area (Å²) in [6, 6.07) is 19.9. The lowest BCUT2D eigenvalue weighted by atomic mass is 10.2. The Morgan fingerprint density at radius 3 is 1.50 bits per heavy atom. The van der Waals surface area contributed by atoms with Crippen LogP contribution in [0.25, 0.3) is 21.8 Å². The van der Waals surface area contributed by atoms with Crippen LogP contribution < -0.4 is 0 Å². The molecule has 0 saturated carbocycles. The van der Waals surface area contributed by atoms with Crippen LogP contribution in [0.3, 0.4) is 0 Å². The van der Waals surface area contributed by atoms with Gasteiger partial charge in [0.05, 0.1) is 22.4 Å². The third kappa shape index (κ3) is 2.86. The van der Waals surface area contributed by atoms with Crippen molar-refractivity contribution in [3.8, 4) is 0 Å². The lowest BCUT2D eigenvalue weighted by molar-refractivity contribution is 1.22. The highest BCUT2D eigenvalue weighted by Gasteiger charge is 1.99. The van der Waals surface area contributed by atoms with Crippen LogP contribution in [0, 0.1) is 13.8 Å². The molecule has 0 fully saturated rings. The average Bonchev–Trinajstić information content (AvgIpc) is 2.60. The molecule has 0 spiro atoms. The Balaban J connectivity index is 1.66. The number of azo groups is 1. The lowest BCUT2D eigenvalue weighted by Gasteiger charge is -2.01. The summed E-state index contributed by atoms with van der Waals surface area (Å²) in [6.07, 6.45) is 0. The highest BCUT2D eigenvalue weighted by molar-refractivity contribution is 5.82. The van der Waals surface area contributed by atoms with E-state index in [2.05, 4.69) is 32.3 Å². The summed E-state index contributed by atoms with van der Waals surface area (Å²) >= 11 is 0. The van der Waals surface area contributed by atoms with Gasteiger partial charge in [0.1, 0.15) is 0 Å². The van der Waals surface area contributed by atoms with Gasteiger partial charge in [0, 0.05) is 22.2 Å². The van der Waals surface area contributed by atoms with Crippen LogP contribution >= 0.6 is 0 Å². The van der Waals surface area contributed by atoms with Crippen molar-refractivity contribution in [1.82, 2.24) is 9.97 Å². The van der Waals surface area contributed by atoms with Gasteiger partial charge in [-0.05, 0) is 62.4 Å². The highest BCUT2D eigenvalue weighted by atomic mass is 15.1. The van der Waals surface area contributed by atoms with E-state index in [0.29, 0.717) is 0 Å². The Hall–Kier alpha value is -3.14. The molecule has 4 heteroatoms. The molecule has 24 heavy (non-hydrogen) atoms. The molecule has 4 nitrogen and oxygen atoms in total. The fourth-order valence-corrected chi connectivity index (χ4v) is 2.67. The number of pyridine rings is 2. The second-order valence-corrected chi connectivity index (χ2v) is 5.86. The van der Waals surface area contributed by atoms with Crippen molar-refractivity contribution in [3.63, 3.8) is 0 Å². The predicted octanol–water partition coefficient (Wildman–Crippen LogP) is 5.82. The number of aryl methyl sites for hydroxylation is 2.